The Balaban J connectivity index is 2.21. The van der Waals surface area contributed by atoms with Crippen molar-refractivity contribution >= 4 is 11.9 Å². The zero-order chi connectivity index (χ0) is 15.4. The highest BCUT2D eigenvalue weighted by Gasteiger charge is 2.30. The smallest absolute Gasteiger partial charge is 0.334 e. The first-order valence-corrected chi connectivity index (χ1v) is 6.42. The zero-order valence-electron chi connectivity index (χ0n) is 11.9. The molecule has 7 heteroatoms. The standard InChI is InChI=1S/C14H17NO6/c1-19-9-3-4-10(11(7-9)20-2)13(16)15-5-6-21-12(8-15)14(17)18/h3-4,7,12H,5-6,8H2,1-2H3,(H,17,18). The number of morpholine rings is 1. The number of aliphatic carboxylic acids is 1. The van der Waals surface area contributed by atoms with Crippen LogP contribution in [0.5, 0.6) is 11.5 Å². The Hall–Kier alpha value is -2.28. The molecule has 2 rings (SSSR count). The minimum atomic E-state index is -1.07. The van der Waals surface area contributed by atoms with Gasteiger partial charge in [-0.15, -0.1) is 0 Å². The Labute approximate surface area is 122 Å². The van der Waals surface area contributed by atoms with E-state index in [2.05, 4.69) is 0 Å². The first-order chi connectivity index (χ1) is 10.1. The van der Waals surface area contributed by atoms with Crippen molar-refractivity contribution in [1.29, 1.82) is 0 Å². The fourth-order valence-electron chi connectivity index (χ4n) is 2.13. The first kappa shape index (κ1) is 15.1. The Bertz CT molecular complexity index is 544. The van der Waals surface area contributed by atoms with Gasteiger partial charge < -0.3 is 24.2 Å². The van der Waals surface area contributed by atoms with Gasteiger partial charge in [-0.25, -0.2) is 4.79 Å². The molecule has 1 aliphatic rings. The molecule has 1 unspecified atom stereocenters. The van der Waals surface area contributed by atoms with E-state index in [0.717, 1.165) is 0 Å². The van der Waals surface area contributed by atoms with Gasteiger partial charge in [0, 0.05) is 12.6 Å². The van der Waals surface area contributed by atoms with Crippen LogP contribution in [0.25, 0.3) is 0 Å². The predicted octanol–water partition coefficient (Wildman–Crippen LogP) is 0.629. The second-order valence-electron chi connectivity index (χ2n) is 4.52. The van der Waals surface area contributed by atoms with E-state index < -0.39 is 12.1 Å². The lowest BCUT2D eigenvalue weighted by Crippen LogP contribution is -2.48. The lowest BCUT2D eigenvalue weighted by Gasteiger charge is -2.31. The molecule has 0 bridgehead atoms. The van der Waals surface area contributed by atoms with Crippen molar-refractivity contribution in [2.75, 3.05) is 33.9 Å². The van der Waals surface area contributed by atoms with Crippen molar-refractivity contribution in [3.63, 3.8) is 0 Å². The molecule has 1 amide bonds. The fraction of sp³-hybridized carbons (Fsp3) is 0.429. The molecule has 0 aromatic heterocycles. The van der Waals surface area contributed by atoms with Crippen LogP contribution in [0.3, 0.4) is 0 Å². The van der Waals surface area contributed by atoms with Gasteiger partial charge >= 0.3 is 5.97 Å². The van der Waals surface area contributed by atoms with E-state index in [1.54, 1.807) is 18.2 Å². The minimum absolute atomic E-state index is 0.0172. The number of amides is 1. The number of carboxylic acids is 1. The Morgan fingerprint density at radius 2 is 2.10 bits per heavy atom. The summed E-state index contributed by atoms with van der Waals surface area (Å²) >= 11 is 0. The zero-order valence-corrected chi connectivity index (χ0v) is 11.9. The monoisotopic (exact) mass is 295 g/mol. The predicted molar refractivity (Wildman–Crippen MR) is 72.8 cm³/mol. The number of hydrogen-bond donors (Lipinski definition) is 1. The Morgan fingerprint density at radius 1 is 1.33 bits per heavy atom. The SMILES string of the molecule is COc1ccc(C(=O)N2CCOC(C(=O)O)C2)c(OC)c1. The van der Waals surface area contributed by atoms with Crippen molar-refractivity contribution in [3.8, 4) is 11.5 Å². The highest BCUT2D eigenvalue weighted by molar-refractivity contribution is 5.97. The number of benzene rings is 1. The summed E-state index contributed by atoms with van der Waals surface area (Å²) in [5.41, 5.74) is 0.365. The van der Waals surface area contributed by atoms with Crippen LogP contribution in [0.4, 0.5) is 0 Å². The van der Waals surface area contributed by atoms with Gasteiger partial charge in [0.2, 0.25) is 0 Å². The molecule has 0 saturated carbocycles. The van der Waals surface area contributed by atoms with Crippen LogP contribution in [0.1, 0.15) is 10.4 Å². The maximum Gasteiger partial charge on any atom is 0.334 e. The normalized spacial score (nSPS) is 18.2. The van der Waals surface area contributed by atoms with Gasteiger partial charge in [0.25, 0.3) is 5.91 Å². The summed E-state index contributed by atoms with van der Waals surface area (Å²) in [6.45, 7) is 0.558. The maximum atomic E-state index is 12.5. The van der Waals surface area contributed by atoms with Gasteiger partial charge in [-0.1, -0.05) is 0 Å². The molecule has 1 aromatic rings. The number of ether oxygens (including phenoxy) is 3. The molecular weight excluding hydrogens is 278 g/mol. The van der Waals surface area contributed by atoms with E-state index in [9.17, 15) is 9.59 Å². The summed E-state index contributed by atoms with van der Waals surface area (Å²) in [6, 6.07) is 4.87. The molecule has 1 aliphatic heterocycles. The van der Waals surface area contributed by atoms with Gasteiger partial charge in [-0.2, -0.15) is 0 Å². The number of rotatable bonds is 4. The third-order valence-corrected chi connectivity index (χ3v) is 3.27. The Morgan fingerprint density at radius 3 is 2.71 bits per heavy atom. The molecule has 0 spiro atoms. The molecule has 1 saturated heterocycles. The average Bonchev–Trinajstić information content (AvgIpc) is 2.53. The summed E-state index contributed by atoms with van der Waals surface area (Å²) in [6.07, 6.45) is -0.994. The van der Waals surface area contributed by atoms with Crippen LogP contribution >= 0.6 is 0 Å². The van der Waals surface area contributed by atoms with Crippen LogP contribution < -0.4 is 9.47 Å². The Kier molecular flexibility index (Phi) is 4.64. The minimum Gasteiger partial charge on any atom is -0.497 e. The van der Waals surface area contributed by atoms with Gasteiger partial charge in [0.1, 0.15) is 11.5 Å². The molecule has 1 heterocycles. The molecule has 1 fully saturated rings. The summed E-state index contributed by atoms with van der Waals surface area (Å²) in [5, 5.41) is 8.97. The third kappa shape index (κ3) is 3.25. The van der Waals surface area contributed by atoms with Crippen molar-refractivity contribution in [2.45, 2.75) is 6.10 Å². The number of carbonyl (C=O) groups excluding carboxylic acids is 1. The second-order valence-corrected chi connectivity index (χ2v) is 4.52. The van der Waals surface area contributed by atoms with E-state index in [1.165, 1.54) is 19.1 Å². The summed E-state index contributed by atoms with van der Waals surface area (Å²) in [4.78, 5) is 24.9. The number of carbonyl (C=O) groups is 2. The molecule has 7 nitrogen and oxygen atoms in total. The number of hydrogen-bond acceptors (Lipinski definition) is 5. The summed E-state index contributed by atoms with van der Waals surface area (Å²) in [7, 11) is 2.99. The van der Waals surface area contributed by atoms with Crippen molar-refractivity contribution in [1.82, 2.24) is 4.90 Å². The first-order valence-electron chi connectivity index (χ1n) is 6.42. The average molecular weight is 295 g/mol. The number of methoxy groups -OCH3 is 2. The van der Waals surface area contributed by atoms with Crippen LogP contribution in [0.2, 0.25) is 0 Å². The lowest BCUT2D eigenvalue weighted by molar-refractivity contribution is -0.154. The van der Waals surface area contributed by atoms with Crippen LogP contribution in [-0.4, -0.2) is 61.9 Å². The van der Waals surface area contributed by atoms with E-state index in [-0.39, 0.29) is 19.1 Å². The maximum absolute atomic E-state index is 12.5. The van der Waals surface area contributed by atoms with Gasteiger partial charge in [0.05, 0.1) is 32.9 Å². The summed E-state index contributed by atoms with van der Waals surface area (Å²) < 4.78 is 15.4. The van der Waals surface area contributed by atoms with Crippen LogP contribution in [0.15, 0.2) is 18.2 Å². The quantitative estimate of drug-likeness (QED) is 0.877. The van der Waals surface area contributed by atoms with Gasteiger partial charge in [0.15, 0.2) is 6.10 Å². The van der Waals surface area contributed by atoms with Crippen LogP contribution in [-0.2, 0) is 9.53 Å². The van der Waals surface area contributed by atoms with E-state index in [1.807, 2.05) is 0 Å². The highest BCUT2D eigenvalue weighted by Crippen LogP contribution is 2.26. The van der Waals surface area contributed by atoms with E-state index >= 15 is 0 Å². The number of nitrogens with zero attached hydrogens (tertiary/aromatic N) is 1. The largest absolute Gasteiger partial charge is 0.497 e. The molecule has 1 N–H and O–H groups in total. The molecule has 0 aliphatic carbocycles. The summed E-state index contributed by atoms with van der Waals surface area (Å²) in [5.74, 6) is -0.398. The second kappa shape index (κ2) is 6.45. The fourth-order valence-corrected chi connectivity index (χ4v) is 2.13. The van der Waals surface area contributed by atoms with Crippen molar-refractivity contribution in [2.24, 2.45) is 0 Å². The molecular formula is C14H17NO6. The van der Waals surface area contributed by atoms with Gasteiger partial charge in [-0.05, 0) is 12.1 Å². The highest BCUT2D eigenvalue weighted by atomic mass is 16.5. The van der Waals surface area contributed by atoms with E-state index in [4.69, 9.17) is 19.3 Å². The van der Waals surface area contributed by atoms with Gasteiger partial charge in [-0.3, -0.25) is 4.79 Å². The molecule has 114 valence electrons. The third-order valence-electron chi connectivity index (χ3n) is 3.27. The van der Waals surface area contributed by atoms with Crippen molar-refractivity contribution in [3.05, 3.63) is 23.8 Å². The van der Waals surface area contributed by atoms with E-state index in [0.29, 0.717) is 23.6 Å². The molecule has 1 atom stereocenters. The topological polar surface area (TPSA) is 85.3 Å². The number of carboxylic acid groups (broad SMARTS) is 1. The van der Waals surface area contributed by atoms with Crippen molar-refractivity contribution < 1.29 is 28.9 Å². The van der Waals surface area contributed by atoms with Crippen LogP contribution in [0, 0.1) is 0 Å². The molecule has 0 radical (unpaired) electrons. The molecule has 21 heavy (non-hydrogen) atoms. The molecule has 1 aromatic carbocycles. The lowest BCUT2D eigenvalue weighted by atomic mass is 10.1.